The molecule has 1 aromatic rings. The summed E-state index contributed by atoms with van der Waals surface area (Å²) in [6.07, 6.45) is 2.02. The summed E-state index contributed by atoms with van der Waals surface area (Å²) in [6.45, 7) is 7.76. The van der Waals surface area contributed by atoms with Gasteiger partial charge in [-0.15, -0.1) is 0 Å². The van der Waals surface area contributed by atoms with Crippen molar-refractivity contribution in [3.05, 3.63) is 42.5 Å². The van der Waals surface area contributed by atoms with Crippen LogP contribution in [0.2, 0.25) is 0 Å². The van der Waals surface area contributed by atoms with E-state index in [0.717, 1.165) is 0 Å². The second kappa shape index (κ2) is 8.09. The van der Waals surface area contributed by atoms with Crippen molar-refractivity contribution in [1.29, 1.82) is 0 Å². The summed E-state index contributed by atoms with van der Waals surface area (Å²) in [5.41, 5.74) is 0.399. The zero-order valence-corrected chi connectivity index (χ0v) is 12.3. The molecule has 0 aliphatic rings. The van der Waals surface area contributed by atoms with Gasteiger partial charge in [0, 0.05) is 5.56 Å². The van der Waals surface area contributed by atoms with Gasteiger partial charge in [0.25, 0.3) is 5.91 Å². The van der Waals surface area contributed by atoms with E-state index in [9.17, 15) is 9.59 Å². The van der Waals surface area contributed by atoms with Crippen molar-refractivity contribution in [1.82, 2.24) is 5.32 Å². The van der Waals surface area contributed by atoms with Crippen molar-refractivity contribution in [3.8, 4) is 5.75 Å². The minimum absolute atomic E-state index is 0.182. The van der Waals surface area contributed by atoms with Crippen molar-refractivity contribution < 1.29 is 19.4 Å². The molecule has 0 saturated carbocycles. The lowest BCUT2D eigenvalue weighted by Gasteiger charge is -2.16. The van der Waals surface area contributed by atoms with Crippen LogP contribution in [0.15, 0.2) is 36.9 Å². The lowest BCUT2D eigenvalue weighted by molar-refractivity contribution is -0.139. The molecule has 114 valence electrons. The average Bonchev–Trinajstić information content (AvgIpc) is 2.44. The maximum Gasteiger partial charge on any atom is 0.326 e. The highest BCUT2D eigenvalue weighted by Gasteiger charge is 2.21. The molecule has 0 heterocycles. The van der Waals surface area contributed by atoms with E-state index >= 15 is 0 Å². The highest BCUT2D eigenvalue weighted by Crippen LogP contribution is 2.13. The zero-order chi connectivity index (χ0) is 15.8. The molecule has 21 heavy (non-hydrogen) atoms. The van der Waals surface area contributed by atoms with Crippen molar-refractivity contribution in [3.63, 3.8) is 0 Å². The Balaban J connectivity index is 2.69. The van der Waals surface area contributed by atoms with Crippen LogP contribution < -0.4 is 10.1 Å². The van der Waals surface area contributed by atoms with Crippen LogP contribution in [0.1, 0.15) is 30.6 Å². The third-order valence-corrected chi connectivity index (χ3v) is 2.79. The van der Waals surface area contributed by atoms with Crippen molar-refractivity contribution in [2.45, 2.75) is 26.3 Å². The maximum absolute atomic E-state index is 12.0. The average molecular weight is 291 g/mol. The molecule has 0 radical (unpaired) electrons. The minimum Gasteiger partial charge on any atom is -0.490 e. The fraction of sp³-hybridized carbons (Fsp3) is 0.375. The molecule has 0 aromatic heterocycles. The van der Waals surface area contributed by atoms with Crippen LogP contribution in [0.3, 0.4) is 0 Å². The van der Waals surface area contributed by atoms with Gasteiger partial charge >= 0.3 is 5.97 Å². The number of amides is 1. The van der Waals surface area contributed by atoms with Gasteiger partial charge in [-0.1, -0.05) is 26.5 Å². The summed E-state index contributed by atoms with van der Waals surface area (Å²) >= 11 is 0. The second-order valence-electron chi connectivity index (χ2n) is 5.12. The monoisotopic (exact) mass is 291 g/mol. The van der Waals surface area contributed by atoms with Gasteiger partial charge in [-0.05, 0) is 36.6 Å². The van der Waals surface area contributed by atoms with Crippen molar-refractivity contribution in [2.24, 2.45) is 5.92 Å². The van der Waals surface area contributed by atoms with E-state index in [0.29, 0.717) is 24.3 Å². The zero-order valence-electron chi connectivity index (χ0n) is 12.3. The molecule has 0 aliphatic carbocycles. The number of carboxylic acid groups (broad SMARTS) is 1. The number of nitrogens with one attached hydrogen (secondary N) is 1. The molecular formula is C16H21NO4. The van der Waals surface area contributed by atoms with E-state index in [1.807, 2.05) is 13.8 Å². The molecule has 1 rings (SSSR count). The summed E-state index contributed by atoms with van der Waals surface area (Å²) in [6, 6.07) is 5.64. The van der Waals surface area contributed by atoms with Gasteiger partial charge < -0.3 is 15.2 Å². The molecular weight excluding hydrogens is 270 g/mol. The fourth-order valence-electron chi connectivity index (χ4n) is 1.79. The summed E-state index contributed by atoms with van der Waals surface area (Å²) in [4.78, 5) is 23.2. The molecule has 0 fully saturated rings. The molecule has 0 unspecified atom stereocenters. The van der Waals surface area contributed by atoms with E-state index in [4.69, 9.17) is 9.84 Å². The highest BCUT2D eigenvalue weighted by molar-refractivity contribution is 5.96. The Morgan fingerprint density at radius 2 is 1.95 bits per heavy atom. The molecule has 0 saturated heterocycles. The molecule has 2 N–H and O–H groups in total. The number of carbonyl (C=O) groups excluding carboxylic acids is 1. The van der Waals surface area contributed by atoms with Gasteiger partial charge in [0.15, 0.2) is 0 Å². The van der Waals surface area contributed by atoms with Gasteiger partial charge in [0.1, 0.15) is 18.4 Å². The molecule has 1 atom stereocenters. The number of benzene rings is 1. The Morgan fingerprint density at radius 1 is 1.33 bits per heavy atom. The van der Waals surface area contributed by atoms with Crippen molar-refractivity contribution in [2.75, 3.05) is 6.61 Å². The molecule has 5 nitrogen and oxygen atoms in total. The van der Waals surface area contributed by atoms with Crippen LogP contribution in [0.4, 0.5) is 0 Å². The van der Waals surface area contributed by atoms with E-state index in [-0.39, 0.29) is 5.92 Å². The first-order valence-electron chi connectivity index (χ1n) is 6.81. The molecule has 0 aliphatic heterocycles. The first kappa shape index (κ1) is 16.8. The molecule has 0 spiro atoms. The van der Waals surface area contributed by atoms with Gasteiger partial charge in [0.05, 0.1) is 0 Å². The fourth-order valence-corrected chi connectivity index (χ4v) is 1.79. The van der Waals surface area contributed by atoms with Crippen molar-refractivity contribution >= 4 is 11.9 Å². The third kappa shape index (κ3) is 5.69. The topological polar surface area (TPSA) is 75.6 Å². The summed E-state index contributed by atoms with van der Waals surface area (Å²) < 4.78 is 5.32. The largest absolute Gasteiger partial charge is 0.490 e. The first-order chi connectivity index (χ1) is 9.93. The van der Waals surface area contributed by atoms with E-state index in [2.05, 4.69) is 11.9 Å². The smallest absolute Gasteiger partial charge is 0.326 e. The van der Waals surface area contributed by atoms with Crippen LogP contribution in [0.25, 0.3) is 0 Å². The van der Waals surface area contributed by atoms with Crippen LogP contribution in [0.5, 0.6) is 5.75 Å². The van der Waals surface area contributed by atoms with E-state index < -0.39 is 17.9 Å². The number of carbonyl (C=O) groups is 2. The Labute approximate surface area is 124 Å². The number of ether oxygens (including phenoxy) is 1. The lowest BCUT2D eigenvalue weighted by atomic mass is 10.0. The maximum atomic E-state index is 12.0. The molecule has 1 aromatic carbocycles. The summed E-state index contributed by atoms with van der Waals surface area (Å²) in [7, 11) is 0. The lowest BCUT2D eigenvalue weighted by Crippen LogP contribution is -2.41. The SMILES string of the molecule is C=CCOc1ccc(C(=O)N[C@H](CC(C)C)C(=O)O)cc1. The predicted octanol–water partition coefficient (Wildman–Crippen LogP) is 2.48. The van der Waals surface area contributed by atoms with E-state index in [1.165, 1.54) is 0 Å². The molecule has 5 heteroatoms. The normalized spacial score (nSPS) is 11.8. The molecule has 1 amide bonds. The Kier molecular flexibility index (Phi) is 6.46. The first-order valence-corrected chi connectivity index (χ1v) is 6.81. The number of hydrogen-bond acceptors (Lipinski definition) is 3. The number of aliphatic carboxylic acids is 1. The van der Waals surface area contributed by atoms with Crippen LogP contribution in [0, 0.1) is 5.92 Å². The highest BCUT2D eigenvalue weighted by atomic mass is 16.5. The Hall–Kier alpha value is -2.30. The van der Waals surface area contributed by atoms with E-state index in [1.54, 1.807) is 30.3 Å². The molecule has 0 bridgehead atoms. The van der Waals surface area contributed by atoms with Crippen LogP contribution in [-0.2, 0) is 4.79 Å². The van der Waals surface area contributed by atoms with Gasteiger partial charge in [-0.25, -0.2) is 4.79 Å². The number of carboxylic acids is 1. The van der Waals surface area contributed by atoms with Gasteiger partial charge in [-0.3, -0.25) is 4.79 Å². The predicted molar refractivity (Wildman–Crippen MR) is 80.5 cm³/mol. The summed E-state index contributed by atoms with van der Waals surface area (Å²) in [5.74, 6) is -0.620. The third-order valence-electron chi connectivity index (χ3n) is 2.79. The second-order valence-corrected chi connectivity index (χ2v) is 5.12. The Morgan fingerprint density at radius 3 is 2.43 bits per heavy atom. The van der Waals surface area contributed by atoms with Gasteiger partial charge in [-0.2, -0.15) is 0 Å². The van der Waals surface area contributed by atoms with Crippen LogP contribution in [-0.4, -0.2) is 29.6 Å². The number of rotatable bonds is 8. The standard InChI is InChI=1S/C16H21NO4/c1-4-9-21-13-7-5-12(6-8-13)15(18)17-14(16(19)20)10-11(2)3/h4-8,11,14H,1,9-10H2,2-3H3,(H,17,18)(H,19,20)/t14-/m1/s1. The number of hydrogen-bond donors (Lipinski definition) is 2. The Bertz CT molecular complexity index is 494. The van der Waals surface area contributed by atoms with Crippen LogP contribution >= 0.6 is 0 Å². The summed E-state index contributed by atoms with van der Waals surface area (Å²) in [5, 5.41) is 11.6. The van der Waals surface area contributed by atoms with Gasteiger partial charge in [0.2, 0.25) is 0 Å². The quantitative estimate of drug-likeness (QED) is 0.721. The minimum atomic E-state index is -1.03.